The number of rotatable bonds is 4. The van der Waals surface area contributed by atoms with Gasteiger partial charge in [0.1, 0.15) is 0 Å². The molecule has 2 fully saturated rings. The zero-order valence-electron chi connectivity index (χ0n) is 13.8. The maximum Gasteiger partial charge on any atom is 0.406 e. The maximum atomic E-state index is 12.2. The van der Waals surface area contributed by atoms with Gasteiger partial charge in [0, 0.05) is 22.6 Å². The normalized spacial score (nSPS) is 35.6. The Morgan fingerprint density at radius 1 is 1.44 bits per heavy atom. The molecule has 10 heteroatoms. The number of thioether (sulfide) groups is 1. The highest BCUT2D eigenvalue weighted by Gasteiger charge is 2.59. The fraction of sp³-hybridized carbons (Fsp3) is 0.667. The molecule has 25 heavy (non-hydrogen) atoms. The lowest BCUT2D eigenvalue weighted by Gasteiger charge is -2.47. The summed E-state index contributed by atoms with van der Waals surface area (Å²) < 4.78 is 0. The molecule has 0 aromatic carbocycles. The number of carboxylic acid groups (broad SMARTS) is 2. The summed E-state index contributed by atoms with van der Waals surface area (Å²) in [5.74, 6) is -3.40. The van der Waals surface area contributed by atoms with Gasteiger partial charge in [-0.1, -0.05) is 6.92 Å². The van der Waals surface area contributed by atoms with E-state index in [0.29, 0.717) is 11.3 Å². The van der Waals surface area contributed by atoms with Gasteiger partial charge in [-0.2, -0.15) is 0 Å². The first kappa shape index (κ1) is 18.1. The highest BCUT2D eigenvalue weighted by Crippen LogP contribution is 2.51. The molecule has 0 aliphatic carbocycles. The summed E-state index contributed by atoms with van der Waals surface area (Å²) in [6.45, 7) is 3.51. The van der Waals surface area contributed by atoms with Crippen LogP contribution in [-0.4, -0.2) is 75.7 Å². The lowest BCUT2D eigenvalue weighted by Crippen LogP contribution is -2.64. The zero-order chi connectivity index (χ0) is 18.6. The van der Waals surface area contributed by atoms with Crippen LogP contribution in [0.15, 0.2) is 10.6 Å². The van der Waals surface area contributed by atoms with Gasteiger partial charge in [0.05, 0.1) is 37.6 Å². The molecule has 0 bridgehead atoms. The first-order valence-corrected chi connectivity index (χ1v) is 8.91. The van der Waals surface area contributed by atoms with Crippen molar-refractivity contribution in [3.8, 4) is 0 Å². The second-order valence-electron chi connectivity index (χ2n) is 6.73. The summed E-state index contributed by atoms with van der Waals surface area (Å²) in [4.78, 5) is 37.8. The van der Waals surface area contributed by atoms with E-state index in [2.05, 4.69) is 0 Å². The van der Waals surface area contributed by atoms with Crippen molar-refractivity contribution in [1.82, 2.24) is 9.80 Å². The Bertz CT molecular complexity index is 668. The average Bonchev–Trinajstić information content (AvgIpc) is 2.97. The fourth-order valence-corrected chi connectivity index (χ4v) is 5.52. The van der Waals surface area contributed by atoms with Gasteiger partial charge in [-0.05, 0) is 19.3 Å². The topological polar surface area (TPSA) is 121 Å². The Morgan fingerprint density at radius 2 is 2.08 bits per heavy atom. The molecular formula is C15H18BN2O6S-. The van der Waals surface area contributed by atoms with Crippen LogP contribution >= 0.6 is 11.8 Å². The third-order valence-corrected chi connectivity index (χ3v) is 6.64. The van der Waals surface area contributed by atoms with Crippen LogP contribution < -0.4 is 5.11 Å². The van der Waals surface area contributed by atoms with Gasteiger partial charge in [-0.15, -0.1) is 11.8 Å². The number of aliphatic hydroxyl groups excluding tert-OH is 1. The molecule has 2 amide bonds. The molecule has 6 atom stereocenters. The summed E-state index contributed by atoms with van der Waals surface area (Å²) in [7, 11) is 5.81. The number of hydrogen-bond acceptors (Lipinski definition) is 6. The minimum atomic E-state index is -1.44. The van der Waals surface area contributed by atoms with E-state index in [1.807, 2.05) is 6.92 Å². The van der Waals surface area contributed by atoms with E-state index in [1.165, 1.54) is 23.6 Å². The average molecular weight is 365 g/mol. The number of aliphatic carboxylic acids is 1. The largest absolute Gasteiger partial charge is 0.543 e. The van der Waals surface area contributed by atoms with Crippen molar-refractivity contribution in [2.75, 3.05) is 6.54 Å². The van der Waals surface area contributed by atoms with Crippen molar-refractivity contribution >= 4 is 37.6 Å². The molecule has 0 aromatic heterocycles. The van der Waals surface area contributed by atoms with E-state index >= 15 is 0 Å². The lowest BCUT2D eigenvalue weighted by molar-refractivity contribution is -0.301. The number of nitrogens with zero attached hydrogens (tertiary/aromatic N) is 2. The number of amides is 2. The summed E-state index contributed by atoms with van der Waals surface area (Å²) in [6, 6.07) is -0.409. The molecule has 3 rings (SSSR count). The van der Waals surface area contributed by atoms with Crippen LogP contribution in [0.5, 0.6) is 0 Å². The van der Waals surface area contributed by atoms with E-state index in [9.17, 15) is 24.6 Å². The SMILES string of the molecule is [B]C1CC(SC2=C(C(=O)[O-])N3C(=O)C(C(C)O)C3C2C)CN1C(=O)O. The fourth-order valence-electron chi connectivity index (χ4n) is 3.98. The minimum Gasteiger partial charge on any atom is -0.543 e. The van der Waals surface area contributed by atoms with E-state index in [-0.39, 0.29) is 23.4 Å². The molecule has 0 saturated carbocycles. The van der Waals surface area contributed by atoms with Crippen molar-refractivity contribution in [3.63, 3.8) is 0 Å². The molecule has 8 nitrogen and oxygen atoms in total. The number of carboxylic acids is 1. The number of β-lactam (4-membered cyclic amide) rings is 1. The van der Waals surface area contributed by atoms with Gasteiger partial charge in [0.25, 0.3) is 0 Å². The number of carbonyl (C=O) groups excluding carboxylic acids is 2. The summed E-state index contributed by atoms with van der Waals surface area (Å²) in [5.41, 5.74) is -0.160. The van der Waals surface area contributed by atoms with Crippen LogP contribution in [-0.2, 0) is 9.59 Å². The number of aliphatic hydroxyl groups is 1. The monoisotopic (exact) mass is 365 g/mol. The van der Waals surface area contributed by atoms with Crippen molar-refractivity contribution in [2.45, 2.75) is 43.6 Å². The summed E-state index contributed by atoms with van der Waals surface area (Å²) >= 11 is 1.25. The van der Waals surface area contributed by atoms with Gasteiger partial charge in [0.2, 0.25) is 5.91 Å². The molecule has 3 aliphatic rings. The van der Waals surface area contributed by atoms with Gasteiger partial charge in [0.15, 0.2) is 0 Å². The Morgan fingerprint density at radius 3 is 2.56 bits per heavy atom. The lowest BCUT2D eigenvalue weighted by atomic mass is 9.79. The molecule has 0 spiro atoms. The molecule has 0 aromatic rings. The van der Waals surface area contributed by atoms with Gasteiger partial charge < -0.3 is 29.9 Å². The van der Waals surface area contributed by atoms with Crippen LogP contribution in [0.2, 0.25) is 0 Å². The highest BCUT2D eigenvalue weighted by molar-refractivity contribution is 8.03. The van der Waals surface area contributed by atoms with Crippen molar-refractivity contribution in [2.24, 2.45) is 11.8 Å². The molecule has 3 aliphatic heterocycles. The number of hydrogen-bond donors (Lipinski definition) is 2. The van der Waals surface area contributed by atoms with Gasteiger partial charge in [-0.25, -0.2) is 4.79 Å². The van der Waals surface area contributed by atoms with E-state index in [1.54, 1.807) is 0 Å². The Balaban J connectivity index is 1.84. The Labute approximate surface area is 150 Å². The number of likely N-dealkylation sites (tertiary alicyclic amines) is 1. The Hall–Kier alpha value is -1.68. The van der Waals surface area contributed by atoms with Crippen molar-refractivity contribution in [1.29, 1.82) is 0 Å². The van der Waals surface area contributed by atoms with Crippen LogP contribution in [0.3, 0.4) is 0 Å². The zero-order valence-corrected chi connectivity index (χ0v) is 14.6. The maximum absolute atomic E-state index is 12.2. The molecule has 3 heterocycles. The highest BCUT2D eigenvalue weighted by atomic mass is 32.2. The van der Waals surface area contributed by atoms with Gasteiger partial charge >= 0.3 is 6.09 Å². The van der Waals surface area contributed by atoms with Crippen LogP contribution in [0.4, 0.5) is 4.79 Å². The third kappa shape index (κ3) is 2.71. The summed E-state index contributed by atoms with van der Waals surface area (Å²) in [5, 5.41) is 30.3. The first-order chi connectivity index (χ1) is 11.6. The second kappa shape index (κ2) is 6.24. The van der Waals surface area contributed by atoms with Crippen molar-refractivity contribution in [3.05, 3.63) is 10.6 Å². The standard InChI is InChI=1S/C15H19BN2O6S/c1-5-10-9(6(2)19)13(20)18(10)11(14(21)22)12(5)25-7-3-8(16)17(4-7)15(23)24/h5-10,19H,3-4H2,1-2H3,(H,21,22)(H,23,24)/p-1. The number of carbonyl (C=O) groups is 3. The second-order valence-corrected chi connectivity index (χ2v) is 8.07. The van der Waals surface area contributed by atoms with E-state index in [4.69, 9.17) is 13.0 Å². The molecule has 134 valence electrons. The molecule has 2 radical (unpaired) electrons. The predicted molar refractivity (Wildman–Crippen MR) is 87.3 cm³/mol. The molecule has 2 N–H and O–H groups in total. The van der Waals surface area contributed by atoms with Gasteiger partial charge in [-0.3, -0.25) is 4.79 Å². The molecular weight excluding hydrogens is 347 g/mol. The van der Waals surface area contributed by atoms with Crippen LogP contribution in [0.1, 0.15) is 20.3 Å². The number of fused-ring (bicyclic) bond motifs is 1. The van der Waals surface area contributed by atoms with Crippen molar-refractivity contribution < 1.29 is 29.7 Å². The molecule has 2 saturated heterocycles. The van der Waals surface area contributed by atoms with E-state index < -0.39 is 42.0 Å². The first-order valence-electron chi connectivity index (χ1n) is 8.03. The summed E-state index contributed by atoms with van der Waals surface area (Å²) in [6.07, 6.45) is -1.59. The van der Waals surface area contributed by atoms with Crippen LogP contribution in [0, 0.1) is 11.8 Å². The quantitative estimate of drug-likeness (QED) is 0.473. The smallest absolute Gasteiger partial charge is 0.406 e. The Kier molecular flexibility index (Phi) is 4.53. The van der Waals surface area contributed by atoms with E-state index in [0.717, 1.165) is 4.90 Å². The third-order valence-electron chi connectivity index (χ3n) is 5.15. The molecule has 6 unspecified atom stereocenters. The van der Waals surface area contributed by atoms with Crippen LogP contribution in [0.25, 0.3) is 0 Å². The predicted octanol–water partition coefficient (Wildman–Crippen LogP) is -1.21. The minimum absolute atomic E-state index is 0.160.